The number of nitrogens with zero attached hydrogens (tertiary/aromatic N) is 1. The number of aromatic nitrogens is 1. The summed E-state index contributed by atoms with van der Waals surface area (Å²) in [4.78, 5) is 4.93. The second-order valence-corrected chi connectivity index (χ2v) is 28.9. The maximum absolute atomic E-state index is 5.54. The zero-order valence-corrected chi connectivity index (χ0v) is 36.5. The molecule has 0 atom stereocenters. The first-order chi connectivity index (χ1) is 22.8. The summed E-state index contributed by atoms with van der Waals surface area (Å²) in [7, 11) is -2.34. The van der Waals surface area contributed by atoms with Crippen molar-refractivity contribution in [2.45, 2.75) is 80.8 Å². The van der Waals surface area contributed by atoms with E-state index in [4.69, 9.17) is 17.2 Å². The van der Waals surface area contributed by atoms with Crippen molar-refractivity contribution in [1.29, 1.82) is 0 Å². The Morgan fingerprint density at radius 3 is 1.73 bits per heavy atom. The van der Waals surface area contributed by atoms with Gasteiger partial charge in [0.2, 0.25) is 0 Å². The number of rotatable bonds is 8. The summed E-state index contributed by atoms with van der Waals surface area (Å²) < 4.78 is 2.27. The number of aryl methyl sites for hydroxylation is 6. The van der Waals surface area contributed by atoms with Gasteiger partial charge < -0.3 is 16.0 Å². The minimum atomic E-state index is -1.20. The molecule has 9 heteroatoms. The lowest BCUT2D eigenvalue weighted by Crippen LogP contribution is -2.41. The Morgan fingerprint density at radius 1 is 0.714 bits per heavy atom. The number of anilines is 2. The lowest BCUT2D eigenvalue weighted by atomic mass is 9.93. The molecule has 260 valence electrons. The topological polar surface area (TPSA) is 49.0 Å². The molecule has 1 heterocycles. The number of fused-ring (bicyclic) bond motifs is 1. The molecule has 3 N–H and O–H groups in total. The fraction of sp³-hybridized carbons (Fsp3) is 0.350. The first kappa shape index (κ1) is 39.0. The largest absolute Gasteiger partial charge is 0.365 e. The van der Waals surface area contributed by atoms with Crippen molar-refractivity contribution in [3.8, 4) is 22.3 Å². The van der Waals surface area contributed by atoms with Gasteiger partial charge in [0, 0.05) is 27.9 Å². The summed E-state index contributed by atoms with van der Waals surface area (Å²) in [6, 6.07) is 21.8. The lowest BCUT2D eigenvalue weighted by Gasteiger charge is -2.21. The van der Waals surface area contributed by atoms with Crippen molar-refractivity contribution in [3.63, 3.8) is 0 Å². The summed E-state index contributed by atoms with van der Waals surface area (Å²) in [5, 5.41) is 12.1. The smallest absolute Gasteiger partial charge is 0.183 e. The molecule has 0 bridgehead atoms. The van der Waals surface area contributed by atoms with Gasteiger partial charge in [0.1, 0.15) is 0 Å². The Bertz CT molecular complexity index is 1930. The minimum absolute atomic E-state index is 0.679. The molecule has 0 saturated heterocycles. The SMILES string of the molecule is Cc1cc(C)c(-c2cccc(Br)c2NC(=S)NC[Si](C)(C)C)c(C)c1.Cc1cc(C)c(-c2cccc3sc(NC[Si](C)(C)C)nc23)c(C)c1. The molecule has 0 amide bonds. The third-order valence-electron chi connectivity index (χ3n) is 8.11. The average Bonchev–Trinajstić information content (AvgIpc) is 3.40. The second-order valence-electron chi connectivity index (χ2n) is 15.7. The second kappa shape index (κ2) is 16.0. The van der Waals surface area contributed by atoms with Crippen LogP contribution < -0.4 is 16.0 Å². The van der Waals surface area contributed by atoms with Crippen molar-refractivity contribution < 1.29 is 0 Å². The van der Waals surface area contributed by atoms with E-state index in [0.717, 1.165) is 33.1 Å². The molecule has 0 aliphatic heterocycles. The molecule has 0 fully saturated rings. The molecule has 5 aromatic rings. The van der Waals surface area contributed by atoms with Gasteiger partial charge in [-0.1, -0.05) is 110 Å². The number of thiazole rings is 1. The molecule has 49 heavy (non-hydrogen) atoms. The summed E-state index contributed by atoms with van der Waals surface area (Å²) in [5.74, 6) is 0. The van der Waals surface area contributed by atoms with Crippen LogP contribution in [0.3, 0.4) is 0 Å². The Labute approximate surface area is 314 Å². The highest BCUT2D eigenvalue weighted by Gasteiger charge is 2.18. The van der Waals surface area contributed by atoms with E-state index >= 15 is 0 Å². The van der Waals surface area contributed by atoms with Gasteiger partial charge in [0.05, 0.1) is 32.1 Å². The molecule has 0 spiro atoms. The molecule has 1 aromatic heterocycles. The number of benzene rings is 4. The van der Waals surface area contributed by atoms with Crippen LogP contribution in [0.15, 0.2) is 65.1 Å². The standard InChI is InChI=1S/C20H27BrN2SSi.C20H26N2SSi/c1-13-10-14(2)18(15(3)11-13)16-8-7-9-17(21)19(16)23-20(24)22-12-25(4,5)6;1-13-10-14(2)18(15(3)11-13)16-8-7-9-17-19(16)22-20(23-17)21-12-24(4,5)6/h7-11H,12H2,1-6H3,(H2,22,23,24);7-11H,12H2,1-6H3,(H,21,22). The van der Waals surface area contributed by atoms with Crippen molar-refractivity contribution in [2.24, 2.45) is 0 Å². The van der Waals surface area contributed by atoms with E-state index < -0.39 is 16.1 Å². The first-order valence-electron chi connectivity index (χ1n) is 17.0. The van der Waals surface area contributed by atoms with E-state index in [0.29, 0.717) is 5.11 Å². The van der Waals surface area contributed by atoms with Gasteiger partial charge >= 0.3 is 0 Å². The van der Waals surface area contributed by atoms with Gasteiger partial charge in [0.25, 0.3) is 0 Å². The van der Waals surface area contributed by atoms with Crippen molar-refractivity contribution in [3.05, 3.63) is 98.5 Å². The predicted molar refractivity (Wildman–Crippen MR) is 232 cm³/mol. The monoisotopic (exact) mass is 788 g/mol. The summed E-state index contributed by atoms with van der Waals surface area (Å²) in [6.45, 7) is 27.1. The molecule has 0 aliphatic carbocycles. The zero-order valence-electron chi connectivity index (χ0n) is 31.3. The predicted octanol–water partition coefficient (Wildman–Crippen LogP) is 12.4. The Balaban J connectivity index is 0.000000221. The number of thiocarbonyl (C=S) groups is 1. The van der Waals surface area contributed by atoms with Crippen LogP contribution in [0.5, 0.6) is 0 Å². The van der Waals surface area contributed by atoms with E-state index in [9.17, 15) is 0 Å². The van der Waals surface area contributed by atoms with E-state index in [-0.39, 0.29) is 0 Å². The normalized spacial score (nSPS) is 11.6. The van der Waals surface area contributed by atoms with Gasteiger partial charge in [-0.2, -0.15) is 0 Å². The molecule has 4 aromatic carbocycles. The molecule has 4 nitrogen and oxygen atoms in total. The number of hydrogen-bond acceptors (Lipinski definition) is 4. The van der Waals surface area contributed by atoms with Crippen LogP contribution in [0.25, 0.3) is 32.5 Å². The molecule has 0 saturated carbocycles. The number of halogens is 1. The van der Waals surface area contributed by atoms with Crippen LogP contribution in [0, 0.1) is 41.5 Å². The average molecular weight is 790 g/mol. The minimum Gasteiger partial charge on any atom is -0.365 e. The quantitative estimate of drug-likeness (QED) is 0.108. The highest BCUT2D eigenvalue weighted by Crippen LogP contribution is 2.39. The van der Waals surface area contributed by atoms with E-state index in [1.54, 1.807) is 11.3 Å². The van der Waals surface area contributed by atoms with Crippen molar-refractivity contribution >= 4 is 81.8 Å². The molecule has 5 rings (SSSR count). The maximum atomic E-state index is 5.54. The van der Waals surface area contributed by atoms with Gasteiger partial charge in [0.15, 0.2) is 10.2 Å². The van der Waals surface area contributed by atoms with E-state index in [2.05, 4.69) is 167 Å². The number of nitrogens with one attached hydrogen (secondary N) is 3. The molecule has 0 radical (unpaired) electrons. The molecular formula is C40H53BrN4S2Si2. The molecular weight excluding hydrogens is 737 g/mol. The van der Waals surface area contributed by atoms with Gasteiger partial charge in [-0.05, 0) is 115 Å². The highest BCUT2D eigenvalue weighted by molar-refractivity contribution is 9.10. The van der Waals surface area contributed by atoms with Crippen LogP contribution >= 0.6 is 39.5 Å². The van der Waals surface area contributed by atoms with Crippen molar-refractivity contribution in [2.75, 3.05) is 23.0 Å². The van der Waals surface area contributed by atoms with Crippen molar-refractivity contribution in [1.82, 2.24) is 10.3 Å². The van der Waals surface area contributed by atoms with Crippen LogP contribution in [0.4, 0.5) is 10.8 Å². The zero-order chi connectivity index (χ0) is 36.3. The van der Waals surface area contributed by atoms with Gasteiger partial charge in [-0.25, -0.2) is 4.98 Å². The van der Waals surface area contributed by atoms with E-state index in [1.165, 1.54) is 60.3 Å². The highest BCUT2D eigenvalue weighted by atomic mass is 79.9. The van der Waals surface area contributed by atoms with Crippen LogP contribution in [0.2, 0.25) is 39.3 Å². The Hall–Kier alpha value is -2.83. The fourth-order valence-corrected chi connectivity index (χ4v) is 9.33. The molecule has 0 aliphatic rings. The van der Waals surface area contributed by atoms with Gasteiger partial charge in [-0.3, -0.25) is 0 Å². The first-order valence-corrected chi connectivity index (χ1v) is 26.4. The maximum Gasteiger partial charge on any atom is 0.183 e. The van der Waals surface area contributed by atoms with Crippen LogP contribution in [-0.4, -0.2) is 38.6 Å². The van der Waals surface area contributed by atoms with Crippen LogP contribution in [-0.2, 0) is 0 Å². The Morgan fingerprint density at radius 2 is 1.20 bits per heavy atom. The summed E-state index contributed by atoms with van der Waals surface area (Å²) >= 11 is 11.0. The fourth-order valence-electron chi connectivity index (χ4n) is 6.14. The number of para-hydroxylation sites is 2. The number of hydrogen-bond donors (Lipinski definition) is 3. The lowest BCUT2D eigenvalue weighted by molar-refractivity contribution is 1.09. The molecule has 0 unspecified atom stereocenters. The summed E-state index contributed by atoms with van der Waals surface area (Å²) in [6.07, 6.45) is 2.02. The van der Waals surface area contributed by atoms with Crippen LogP contribution in [0.1, 0.15) is 33.4 Å². The third kappa shape index (κ3) is 10.6. The summed E-state index contributed by atoms with van der Waals surface area (Å²) in [5.41, 5.74) is 15.0. The Kier molecular flexibility index (Phi) is 12.7. The van der Waals surface area contributed by atoms with Gasteiger partial charge in [-0.15, -0.1) is 0 Å². The third-order valence-corrected chi connectivity index (χ3v) is 12.5. The van der Waals surface area contributed by atoms with E-state index in [1.807, 2.05) is 6.07 Å².